The molecule has 1 saturated carbocycles. The zero-order chi connectivity index (χ0) is 21.6. The zero-order valence-electron chi connectivity index (χ0n) is 16.9. The van der Waals surface area contributed by atoms with E-state index in [1.807, 2.05) is 24.3 Å². The molecule has 0 saturated heterocycles. The van der Waals surface area contributed by atoms with Crippen molar-refractivity contribution in [1.29, 1.82) is 0 Å². The molecule has 2 aliphatic rings. The highest BCUT2D eigenvalue weighted by molar-refractivity contribution is 5.88. The topological polar surface area (TPSA) is 72.1 Å². The summed E-state index contributed by atoms with van der Waals surface area (Å²) in [5.74, 6) is 2.34. The number of anilines is 1. The predicted octanol–water partition coefficient (Wildman–Crippen LogP) is 4.81. The third kappa shape index (κ3) is 3.71. The first kappa shape index (κ1) is 20.1. The van der Waals surface area contributed by atoms with Gasteiger partial charge >= 0.3 is 6.18 Å². The second kappa shape index (κ2) is 7.71. The molecule has 1 aliphatic carbocycles. The summed E-state index contributed by atoms with van der Waals surface area (Å²) in [6.07, 6.45) is -1.11. The molecule has 1 aromatic carbocycles. The molecule has 31 heavy (non-hydrogen) atoms. The van der Waals surface area contributed by atoms with Crippen molar-refractivity contribution in [1.82, 2.24) is 15.0 Å². The first-order valence-corrected chi connectivity index (χ1v) is 10.3. The average molecular weight is 432 g/mol. The number of ether oxygens (including phenoxy) is 2. The van der Waals surface area contributed by atoms with E-state index in [2.05, 4.69) is 20.3 Å². The van der Waals surface area contributed by atoms with E-state index in [1.54, 1.807) is 7.11 Å². The summed E-state index contributed by atoms with van der Waals surface area (Å²) < 4.78 is 50.9. The Kier molecular flexibility index (Phi) is 5.00. The third-order valence-corrected chi connectivity index (χ3v) is 6.42. The van der Waals surface area contributed by atoms with Crippen LogP contribution in [0, 0.1) is 17.8 Å². The van der Waals surface area contributed by atoms with Gasteiger partial charge in [0, 0.05) is 25.2 Å². The number of methoxy groups -OCH3 is 1. The van der Waals surface area contributed by atoms with Gasteiger partial charge in [-0.1, -0.05) is 18.2 Å². The first-order valence-electron chi connectivity index (χ1n) is 10.3. The van der Waals surface area contributed by atoms with Gasteiger partial charge in [0.1, 0.15) is 29.2 Å². The third-order valence-electron chi connectivity index (χ3n) is 6.42. The van der Waals surface area contributed by atoms with Crippen molar-refractivity contribution in [2.24, 2.45) is 17.8 Å². The monoisotopic (exact) mass is 432 g/mol. The molecular weight excluding hydrogens is 409 g/mol. The van der Waals surface area contributed by atoms with Gasteiger partial charge in [0.15, 0.2) is 0 Å². The van der Waals surface area contributed by atoms with Crippen LogP contribution in [-0.4, -0.2) is 35.3 Å². The number of fused-ring (bicyclic) bond motifs is 2. The van der Waals surface area contributed by atoms with Crippen molar-refractivity contribution in [3.8, 4) is 5.75 Å². The average Bonchev–Trinajstić information content (AvgIpc) is 3.17. The van der Waals surface area contributed by atoms with Crippen molar-refractivity contribution in [3.05, 3.63) is 47.9 Å². The summed E-state index contributed by atoms with van der Waals surface area (Å²) in [6, 6.07) is 8.72. The van der Waals surface area contributed by atoms with Crippen molar-refractivity contribution in [3.63, 3.8) is 0 Å². The van der Waals surface area contributed by atoms with E-state index in [1.165, 1.54) is 6.33 Å². The van der Waals surface area contributed by atoms with E-state index in [-0.39, 0.29) is 17.6 Å². The summed E-state index contributed by atoms with van der Waals surface area (Å²) in [5, 5.41) is 3.76. The maximum absolute atomic E-state index is 13.2. The highest BCUT2D eigenvalue weighted by atomic mass is 19.4. The van der Waals surface area contributed by atoms with E-state index in [9.17, 15) is 13.2 Å². The SMILES string of the molecule is COCC1CC([C@H]2COc3ccccc3[C@@H]2Nc2ncnc3[nH]c(C(F)(F)F)cc23)C1. The Hall–Kier alpha value is -2.81. The normalized spacial score (nSPS) is 25.5. The number of aromatic nitrogens is 3. The molecule has 2 atom stereocenters. The lowest BCUT2D eigenvalue weighted by Crippen LogP contribution is -2.42. The number of hydrogen-bond donors (Lipinski definition) is 2. The predicted molar refractivity (Wildman–Crippen MR) is 109 cm³/mol. The summed E-state index contributed by atoms with van der Waals surface area (Å²) in [6.45, 7) is 1.29. The van der Waals surface area contributed by atoms with Crippen molar-refractivity contribution < 1.29 is 22.6 Å². The molecule has 0 radical (unpaired) electrons. The van der Waals surface area contributed by atoms with Gasteiger partial charge in [-0.2, -0.15) is 13.2 Å². The molecule has 0 bridgehead atoms. The number of nitrogens with zero attached hydrogens (tertiary/aromatic N) is 2. The van der Waals surface area contributed by atoms with Gasteiger partial charge in [-0.25, -0.2) is 9.97 Å². The van der Waals surface area contributed by atoms with E-state index in [0.717, 1.165) is 36.8 Å². The van der Waals surface area contributed by atoms with Crippen LogP contribution in [-0.2, 0) is 10.9 Å². The van der Waals surface area contributed by atoms with Crippen LogP contribution < -0.4 is 10.1 Å². The van der Waals surface area contributed by atoms with Crippen molar-refractivity contribution in [2.45, 2.75) is 25.1 Å². The molecule has 3 aromatic rings. The van der Waals surface area contributed by atoms with Crippen molar-refractivity contribution in [2.75, 3.05) is 25.6 Å². The molecule has 3 heterocycles. The van der Waals surface area contributed by atoms with Gasteiger partial charge in [-0.3, -0.25) is 0 Å². The molecular formula is C22H23F3N4O2. The Bertz CT molecular complexity index is 1080. The Balaban J connectivity index is 1.48. The van der Waals surface area contributed by atoms with Crippen LogP contribution in [0.4, 0.5) is 19.0 Å². The second-order valence-corrected chi connectivity index (χ2v) is 8.35. The van der Waals surface area contributed by atoms with E-state index in [0.29, 0.717) is 29.6 Å². The summed E-state index contributed by atoms with van der Waals surface area (Å²) in [7, 11) is 1.71. The Morgan fingerprint density at radius 2 is 2.03 bits per heavy atom. The molecule has 1 fully saturated rings. The number of nitrogens with one attached hydrogen (secondary N) is 2. The minimum absolute atomic E-state index is 0.124. The molecule has 0 amide bonds. The standard InChI is InChI=1S/C22H23F3N4O2/c1-30-9-12-6-13(7-12)16-10-31-17-5-3-2-4-14(17)19(16)29-21-15-8-18(22(23,24)25)28-20(15)26-11-27-21/h2-5,8,11-13,16,19H,6-7,9-10H2,1H3,(H2,26,27,28,29)/t12?,13?,16-,19+/m1/s1. The van der Waals surface area contributed by atoms with E-state index < -0.39 is 11.9 Å². The summed E-state index contributed by atoms with van der Waals surface area (Å²) in [5.41, 5.74) is 0.314. The van der Waals surface area contributed by atoms with Crippen LogP contribution in [0.1, 0.15) is 30.1 Å². The van der Waals surface area contributed by atoms with Gasteiger partial charge in [0.05, 0.1) is 18.0 Å². The van der Waals surface area contributed by atoms with E-state index in [4.69, 9.17) is 9.47 Å². The van der Waals surface area contributed by atoms with Crippen LogP contribution in [0.15, 0.2) is 36.7 Å². The summed E-state index contributed by atoms with van der Waals surface area (Å²) >= 11 is 0. The lowest BCUT2D eigenvalue weighted by atomic mass is 9.65. The van der Waals surface area contributed by atoms with Crippen molar-refractivity contribution >= 4 is 16.9 Å². The largest absolute Gasteiger partial charge is 0.493 e. The fourth-order valence-electron chi connectivity index (χ4n) is 4.84. The van der Waals surface area contributed by atoms with Crippen LogP contribution in [0.5, 0.6) is 5.75 Å². The van der Waals surface area contributed by atoms with Crippen LogP contribution in [0.3, 0.4) is 0 Å². The van der Waals surface area contributed by atoms with Gasteiger partial charge in [-0.15, -0.1) is 0 Å². The van der Waals surface area contributed by atoms with Crippen LogP contribution in [0.2, 0.25) is 0 Å². The maximum atomic E-state index is 13.2. The molecule has 6 nitrogen and oxygen atoms in total. The number of para-hydroxylation sites is 1. The fourth-order valence-corrected chi connectivity index (χ4v) is 4.84. The zero-order valence-corrected chi connectivity index (χ0v) is 16.9. The number of H-pyrrole nitrogens is 1. The molecule has 0 unspecified atom stereocenters. The molecule has 1 aliphatic heterocycles. The van der Waals surface area contributed by atoms with E-state index >= 15 is 0 Å². The van der Waals surface area contributed by atoms with Crippen LogP contribution >= 0.6 is 0 Å². The molecule has 2 N–H and O–H groups in total. The first-order chi connectivity index (χ1) is 14.9. The molecule has 2 aromatic heterocycles. The molecule has 9 heteroatoms. The van der Waals surface area contributed by atoms with Gasteiger partial charge in [0.2, 0.25) is 0 Å². The number of halogens is 3. The molecule has 5 rings (SSSR count). The minimum atomic E-state index is -4.48. The summed E-state index contributed by atoms with van der Waals surface area (Å²) in [4.78, 5) is 10.6. The minimum Gasteiger partial charge on any atom is -0.493 e. The Labute approximate surface area is 177 Å². The highest BCUT2D eigenvalue weighted by Crippen LogP contribution is 2.48. The van der Waals surface area contributed by atoms with Gasteiger partial charge in [0.25, 0.3) is 0 Å². The lowest BCUT2D eigenvalue weighted by Gasteiger charge is -2.45. The maximum Gasteiger partial charge on any atom is 0.431 e. The lowest BCUT2D eigenvalue weighted by molar-refractivity contribution is -0.140. The Morgan fingerprint density at radius 3 is 2.81 bits per heavy atom. The van der Waals surface area contributed by atoms with Gasteiger partial charge in [-0.05, 0) is 36.8 Å². The smallest absolute Gasteiger partial charge is 0.431 e. The number of aromatic amines is 1. The second-order valence-electron chi connectivity index (χ2n) is 8.35. The number of hydrogen-bond acceptors (Lipinski definition) is 5. The fraction of sp³-hybridized carbons (Fsp3) is 0.455. The molecule has 0 spiro atoms. The number of rotatable bonds is 5. The van der Waals surface area contributed by atoms with Gasteiger partial charge < -0.3 is 19.8 Å². The molecule has 164 valence electrons. The van der Waals surface area contributed by atoms with Crippen LogP contribution in [0.25, 0.3) is 11.0 Å². The highest BCUT2D eigenvalue weighted by Gasteiger charge is 2.43. The number of alkyl halides is 3. The quantitative estimate of drug-likeness (QED) is 0.605. The Morgan fingerprint density at radius 1 is 1.23 bits per heavy atom. The number of benzene rings is 1.